The van der Waals surface area contributed by atoms with Gasteiger partial charge in [0.2, 0.25) is 21.1 Å². The van der Waals surface area contributed by atoms with Gasteiger partial charge in [-0.3, -0.25) is 4.79 Å². The quantitative estimate of drug-likeness (QED) is 0.601. The second-order valence-electron chi connectivity index (χ2n) is 5.86. The number of carbonyl (C=O) groups is 1. The lowest BCUT2D eigenvalue weighted by atomic mass is 10.1. The molecule has 142 valence electrons. The van der Waals surface area contributed by atoms with Crippen molar-refractivity contribution in [2.45, 2.75) is 50.3 Å². The van der Waals surface area contributed by atoms with E-state index in [9.17, 15) is 13.2 Å². The molecule has 0 radical (unpaired) electrons. The number of aryl methyl sites for hydroxylation is 2. The lowest BCUT2D eigenvalue weighted by Gasteiger charge is -2.05. The third kappa shape index (κ3) is 6.15. The Labute approximate surface area is 158 Å². The largest absolute Gasteiger partial charge is 0.301 e. The van der Waals surface area contributed by atoms with E-state index in [-0.39, 0.29) is 10.8 Å². The molecule has 0 saturated heterocycles. The van der Waals surface area contributed by atoms with Crippen LogP contribution in [0.4, 0.5) is 5.13 Å². The van der Waals surface area contributed by atoms with Gasteiger partial charge in [0.05, 0.1) is 4.90 Å². The van der Waals surface area contributed by atoms with Crippen molar-refractivity contribution in [1.29, 1.82) is 0 Å². The van der Waals surface area contributed by atoms with Crippen LogP contribution in [0.3, 0.4) is 0 Å². The number of amides is 1. The van der Waals surface area contributed by atoms with Gasteiger partial charge in [0, 0.05) is 12.8 Å². The minimum atomic E-state index is -3.44. The molecule has 9 heteroatoms. The Morgan fingerprint density at radius 3 is 2.50 bits per heavy atom. The summed E-state index contributed by atoms with van der Waals surface area (Å²) in [5, 5.41) is 12.3. The van der Waals surface area contributed by atoms with E-state index in [1.54, 1.807) is 12.1 Å². The fraction of sp³-hybridized carbons (Fsp3) is 0.471. The maximum absolute atomic E-state index is 12.0. The summed E-state index contributed by atoms with van der Waals surface area (Å²) in [6.45, 7) is 2.15. The molecule has 0 saturated carbocycles. The van der Waals surface area contributed by atoms with Gasteiger partial charge in [-0.25, -0.2) is 13.1 Å². The van der Waals surface area contributed by atoms with E-state index in [1.807, 2.05) is 0 Å². The number of anilines is 1. The van der Waals surface area contributed by atoms with Gasteiger partial charge in [-0.2, -0.15) is 0 Å². The molecule has 0 bridgehead atoms. The van der Waals surface area contributed by atoms with Crippen molar-refractivity contribution in [3.63, 3.8) is 0 Å². The Balaban J connectivity index is 1.81. The number of aromatic nitrogens is 2. The summed E-state index contributed by atoms with van der Waals surface area (Å²) >= 11 is 1.41. The molecule has 1 heterocycles. The molecule has 0 aliphatic rings. The summed E-state index contributed by atoms with van der Waals surface area (Å²) in [6, 6.07) is 6.50. The van der Waals surface area contributed by atoms with E-state index < -0.39 is 10.0 Å². The topological polar surface area (TPSA) is 101 Å². The van der Waals surface area contributed by atoms with Gasteiger partial charge in [-0.15, -0.1) is 10.2 Å². The van der Waals surface area contributed by atoms with Gasteiger partial charge in [0.25, 0.3) is 0 Å². The first-order valence-electron chi connectivity index (χ1n) is 8.59. The first-order chi connectivity index (χ1) is 12.4. The molecule has 2 N–H and O–H groups in total. The summed E-state index contributed by atoms with van der Waals surface area (Å²) in [5.74, 6) is -0.131. The number of hydrogen-bond acceptors (Lipinski definition) is 6. The number of carbonyl (C=O) groups excluding carboxylic acids is 1. The average molecular weight is 397 g/mol. The van der Waals surface area contributed by atoms with E-state index >= 15 is 0 Å². The van der Waals surface area contributed by atoms with Crippen LogP contribution in [0.5, 0.6) is 0 Å². The molecular weight excluding hydrogens is 372 g/mol. The van der Waals surface area contributed by atoms with Crippen molar-refractivity contribution in [3.8, 4) is 0 Å². The molecule has 2 rings (SSSR count). The third-order valence-corrected chi connectivity index (χ3v) is 6.18. The zero-order chi connectivity index (χ0) is 19.0. The molecule has 2 aromatic rings. The van der Waals surface area contributed by atoms with Crippen LogP contribution in [-0.2, 0) is 27.7 Å². The predicted molar refractivity (Wildman–Crippen MR) is 103 cm³/mol. The Morgan fingerprint density at radius 2 is 1.85 bits per heavy atom. The van der Waals surface area contributed by atoms with Gasteiger partial charge in [0.15, 0.2) is 0 Å². The normalized spacial score (nSPS) is 11.5. The maximum Gasteiger partial charge on any atom is 0.240 e. The number of hydrogen-bond donors (Lipinski definition) is 2. The van der Waals surface area contributed by atoms with Crippen LogP contribution in [0.2, 0.25) is 0 Å². The molecule has 0 fully saturated rings. The van der Waals surface area contributed by atoms with E-state index in [0.29, 0.717) is 18.0 Å². The molecule has 26 heavy (non-hydrogen) atoms. The summed E-state index contributed by atoms with van der Waals surface area (Å²) in [4.78, 5) is 12.3. The van der Waals surface area contributed by atoms with Crippen LogP contribution < -0.4 is 10.0 Å². The van der Waals surface area contributed by atoms with Crippen LogP contribution >= 0.6 is 11.3 Å². The molecule has 1 amide bonds. The molecule has 0 spiro atoms. The summed E-state index contributed by atoms with van der Waals surface area (Å²) < 4.78 is 25.6. The highest BCUT2D eigenvalue weighted by Gasteiger charge is 2.11. The predicted octanol–water partition coefficient (Wildman–Crippen LogP) is 2.75. The maximum atomic E-state index is 12.0. The van der Waals surface area contributed by atoms with Crippen LogP contribution in [0.1, 0.15) is 43.2 Å². The Bertz CT molecular complexity index is 817. The molecule has 7 nitrogen and oxygen atoms in total. The van der Waals surface area contributed by atoms with Gasteiger partial charge in [-0.1, -0.05) is 43.2 Å². The Hall–Kier alpha value is -1.84. The highest BCUT2D eigenvalue weighted by molar-refractivity contribution is 7.89. The van der Waals surface area contributed by atoms with E-state index in [2.05, 4.69) is 27.2 Å². The second kappa shape index (κ2) is 9.75. The van der Waals surface area contributed by atoms with Crippen molar-refractivity contribution in [2.75, 3.05) is 12.4 Å². The number of sulfonamides is 1. The second-order valence-corrected chi connectivity index (χ2v) is 8.81. The smallest absolute Gasteiger partial charge is 0.240 e. The van der Waals surface area contributed by atoms with Crippen molar-refractivity contribution in [2.24, 2.45) is 0 Å². The summed E-state index contributed by atoms with van der Waals surface area (Å²) in [5.41, 5.74) is 0.896. The zero-order valence-corrected chi connectivity index (χ0v) is 16.6. The fourth-order valence-corrected chi connectivity index (χ4v) is 3.85. The number of benzene rings is 1. The molecule has 1 aromatic heterocycles. The van der Waals surface area contributed by atoms with Gasteiger partial charge >= 0.3 is 0 Å². The van der Waals surface area contributed by atoms with Crippen molar-refractivity contribution in [1.82, 2.24) is 14.9 Å². The first-order valence-corrected chi connectivity index (χ1v) is 10.9. The molecular formula is C17H24N4O3S2. The lowest BCUT2D eigenvalue weighted by molar-refractivity contribution is -0.116. The summed E-state index contributed by atoms with van der Waals surface area (Å²) in [7, 11) is -2.07. The number of nitrogens with zero attached hydrogens (tertiary/aromatic N) is 2. The van der Waals surface area contributed by atoms with Crippen molar-refractivity contribution < 1.29 is 13.2 Å². The Morgan fingerprint density at radius 1 is 1.12 bits per heavy atom. The van der Waals surface area contributed by atoms with Gasteiger partial charge in [0.1, 0.15) is 5.01 Å². The third-order valence-electron chi connectivity index (χ3n) is 3.85. The molecule has 1 aromatic carbocycles. The standard InChI is InChI=1S/C17H24N4O3S2/c1-3-4-5-6-16-20-21-17(25-16)19-15(22)12-9-13-7-10-14(11-8-13)26(23,24)18-2/h7-8,10-11,18H,3-6,9,12H2,1-2H3,(H,19,21,22). The van der Waals surface area contributed by atoms with Gasteiger partial charge in [-0.05, 0) is 37.6 Å². The molecule has 0 unspecified atom stereocenters. The number of unbranched alkanes of at least 4 members (excludes halogenated alkanes) is 2. The fourth-order valence-electron chi connectivity index (χ4n) is 2.32. The summed E-state index contributed by atoms with van der Waals surface area (Å²) in [6.07, 6.45) is 5.11. The Kier molecular flexibility index (Phi) is 7.67. The number of rotatable bonds is 10. The molecule has 0 aliphatic carbocycles. The molecule has 0 atom stereocenters. The zero-order valence-electron chi connectivity index (χ0n) is 15.0. The molecule has 0 aliphatic heterocycles. The minimum absolute atomic E-state index is 0.131. The van der Waals surface area contributed by atoms with E-state index in [0.717, 1.165) is 36.3 Å². The highest BCUT2D eigenvalue weighted by Crippen LogP contribution is 2.18. The highest BCUT2D eigenvalue weighted by atomic mass is 32.2. The van der Waals surface area contributed by atoms with Crippen molar-refractivity contribution >= 4 is 32.4 Å². The van der Waals surface area contributed by atoms with E-state index in [4.69, 9.17) is 0 Å². The monoisotopic (exact) mass is 396 g/mol. The number of nitrogens with one attached hydrogen (secondary N) is 2. The first kappa shape index (κ1) is 20.5. The van der Waals surface area contributed by atoms with E-state index in [1.165, 1.54) is 30.5 Å². The average Bonchev–Trinajstić information content (AvgIpc) is 3.08. The van der Waals surface area contributed by atoms with Crippen molar-refractivity contribution in [3.05, 3.63) is 34.8 Å². The van der Waals surface area contributed by atoms with Crippen LogP contribution in [-0.4, -0.2) is 31.6 Å². The minimum Gasteiger partial charge on any atom is -0.301 e. The lowest BCUT2D eigenvalue weighted by Crippen LogP contribution is -2.18. The van der Waals surface area contributed by atoms with Gasteiger partial charge < -0.3 is 5.32 Å². The van der Waals surface area contributed by atoms with Crippen LogP contribution in [0.15, 0.2) is 29.2 Å². The SMILES string of the molecule is CCCCCc1nnc(NC(=O)CCc2ccc(S(=O)(=O)NC)cc2)s1. The van der Waals surface area contributed by atoms with Crippen LogP contribution in [0.25, 0.3) is 0 Å². The van der Waals surface area contributed by atoms with Crippen LogP contribution in [0, 0.1) is 0 Å².